The van der Waals surface area contributed by atoms with E-state index in [1.165, 1.54) is 11.1 Å². The van der Waals surface area contributed by atoms with Crippen LogP contribution in [0.15, 0.2) is 83.3 Å². The molecule has 0 amide bonds. The van der Waals surface area contributed by atoms with Gasteiger partial charge in [0.25, 0.3) is 0 Å². The molecule has 0 unspecified atom stereocenters. The number of nitrogens with zero attached hydrogens (tertiary/aromatic N) is 3. The van der Waals surface area contributed by atoms with Crippen LogP contribution in [0.1, 0.15) is 25.0 Å². The third-order valence-electron chi connectivity index (χ3n) is 4.28. The van der Waals surface area contributed by atoms with E-state index in [0.29, 0.717) is 5.70 Å². The molecule has 2 N–H and O–H groups in total. The third-order valence-corrected chi connectivity index (χ3v) is 4.28. The second-order valence-electron chi connectivity index (χ2n) is 7.46. The SMILES string of the molecule is C=C/C=C(N=C(C)C)/C(=C(/N)c1ccc(C)cc1)N1C=CC(CN(C)C)=CC1. The molecular weight excluding hydrogens is 344 g/mol. The van der Waals surface area contributed by atoms with Gasteiger partial charge in [-0.05, 0) is 58.2 Å². The zero-order valence-corrected chi connectivity index (χ0v) is 17.7. The van der Waals surface area contributed by atoms with Gasteiger partial charge in [-0.15, -0.1) is 0 Å². The average Bonchev–Trinajstić information content (AvgIpc) is 2.63. The Morgan fingerprint density at radius 1 is 1.25 bits per heavy atom. The molecule has 4 heteroatoms. The van der Waals surface area contributed by atoms with E-state index in [-0.39, 0.29) is 0 Å². The van der Waals surface area contributed by atoms with Gasteiger partial charge in [0.15, 0.2) is 0 Å². The first kappa shape index (κ1) is 21.5. The molecular formula is C24H32N4. The minimum atomic E-state index is 0.701. The molecule has 0 saturated heterocycles. The second kappa shape index (κ2) is 9.90. The predicted octanol–water partition coefficient (Wildman–Crippen LogP) is 4.49. The summed E-state index contributed by atoms with van der Waals surface area (Å²) in [5, 5.41) is 0. The van der Waals surface area contributed by atoms with E-state index < -0.39 is 0 Å². The van der Waals surface area contributed by atoms with Gasteiger partial charge in [0.2, 0.25) is 0 Å². The molecule has 28 heavy (non-hydrogen) atoms. The van der Waals surface area contributed by atoms with Crippen LogP contribution in [0.5, 0.6) is 0 Å². The van der Waals surface area contributed by atoms with Gasteiger partial charge in [-0.25, -0.2) is 0 Å². The number of aryl methyl sites for hydroxylation is 1. The monoisotopic (exact) mass is 376 g/mol. The molecule has 148 valence electrons. The minimum absolute atomic E-state index is 0.701. The quantitative estimate of drug-likeness (QED) is 0.563. The minimum Gasteiger partial charge on any atom is -0.396 e. The zero-order chi connectivity index (χ0) is 20.7. The van der Waals surface area contributed by atoms with E-state index in [1.807, 2.05) is 19.9 Å². The van der Waals surface area contributed by atoms with Crippen LogP contribution in [0.4, 0.5) is 0 Å². The number of rotatable bonds is 7. The van der Waals surface area contributed by atoms with Crippen LogP contribution in [-0.2, 0) is 0 Å². The summed E-state index contributed by atoms with van der Waals surface area (Å²) in [6.45, 7) is 11.6. The summed E-state index contributed by atoms with van der Waals surface area (Å²) in [7, 11) is 4.15. The highest BCUT2D eigenvalue weighted by molar-refractivity contribution is 5.82. The Labute approximate surface area is 169 Å². The van der Waals surface area contributed by atoms with Crippen molar-refractivity contribution >= 4 is 11.4 Å². The molecule has 1 aromatic rings. The van der Waals surface area contributed by atoms with E-state index >= 15 is 0 Å². The van der Waals surface area contributed by atoms with Gasteiger partial charge in [-0.2, -0.15) is 0 Å². The molecule has 0 radical (unpaired) electrons. The van der Waals surface area contributed by atoms with Gasteiger partial charge >= 0.3 is 0 Å². The summed E-state index contributed by atoms with van der Waals surface area (Å²) in [6, 6.07) is 8.26. The van der Waals surface area contributed by atoms with Crippen molar-refractivity contribution in [1.29, 1.82) is 0 Å². The van der Waals surface area contributed by atoms with E-state index in [0.717, 1.165) is 35.8 Å². The highest BCUT2D eigenvalue weighted by Gasteiger charge is 2.18. The molecule has 0 bridgehead atoms. The lowest BCUT2D eigenvalue weighted by Gasteiger charge is -2.28. The fraction of sp³-hybridized carbons (Fsp3) is 0.292. The van der Waals surface area contributed by atoms with E-state index in [2.05, 4.69) is 80.0 Å². The molecule has 2 rings (SSSR count). The summed E-state index contributed by atoms with van der Waals surface area (Å²) in [5.74, 6) is 0. The molecule has 0 spiro atoms. The number of aliphatic imine (C=N–C) groups is 1. The van der Waals surface area contributed by atoms with Gasteiger partial charge in [0.1, 0.15) is 0 Å². The third kappa shape index (κ3) is 5.83. The van der Waals surface area contributed by atoms with Crippen LogP contribution < -0.4 is 5.73 Å². The van der Waals surface area contributed by atoms with E-state index in [9.17, 15) is 0 Å². The molecule has 1 aliphatic rings. The number of hydrogen-bond donors (Lipinski definition) is 1. The standard InChI is InChI=1S/C24H32N4/c1-7-8-22(26-18(2)3)24(23(25)21-11-9-19(4)10-12-21)28-15-13-20(14-16-28)17-27(5)6/h7-15H,1,16-17,25H2,2-6H3/b22-8-,24-23-. The van der Waals surface area contributed by atoms with Crippen LogP contribution in [0.3, 0.4) is 0 Å². The Morgan fingerprint density at radius 2 is 1.93 bits per heavy atom. The fourth-order valence-electron chi connectivity index (χ4n) is 3.01. The molecule has 0 atom stereocenters. The van der Waals surface area contributed by atoms with Crippen LogP contribution in [0.25, 0.3) is 5.70 Å². The normalized spacial score (nSPS) is 15.3. The van der Waals surface area contributed by atoms with Gasteiger partial charge in [-0.3, -0.25) is 4.99 Å². The molecule has 1 aliphatic heterocycles. The van der Waals surface area contributed by atoms with Crippen molar-refractivity contribution < 1.29 is 0 Å². The Hall–Kier alpha value is -2.85. The first-order chi connectivity index (χ1) is 13.3. The summed E-state index contributed by atoms with van der Waals surface area (Å²) in [4.78, 5) is 9.05. The van der Waals surface area contributed by atoms with E-state index in [4.69, 9.17) is 10.7 Å². The van der Waals surface area contributed by atoms with Crippen molar-refractivity contribution in [2.24, 2.45) is 10.7 Å². The maximum atomic E-state index is 6.67. The largest absolute Gasteiger partial charge is 0.396 e. The van der Waals surface area contributed by atoms with Crippen molar-refractivity contribution in [3.63, 3.8) is 0 Å². The summed E-state index contributed by atoms with van der Waals surface area (Å²) >= 11 is 0. The molecule has 0 saturated carbocycles. The highest BCUT2D eigenvalue weighted by Crippen LogP contribution is 2.27. The van der Waals surface area contributed by atoms with Crippen molar-refractivity contribution in [2.75, 3.05) is 27.2 Å². The number of hydrogen-bond acceptors (Lipinski definition) is 4. The van der Waals surface area contributed by atoms with Gasteiger partial charge in [0.05, 0.1) is 17.1 Å². The van der Waals surface area contributed by atoms with E-state index in [1.54, 1.807) is 6.08 Å². The van der Waals surface area contributed by atoms with Gasteiger partial charge in [-0.1, -0.05) is 48.6 Å². The number of likely N-dealkylation sites (N-methyl/N-ethyl adjacent to an activating group) is 1. The molecule has 1 aromatic carbocycles. The number of allylic oxidation sites excluding steroid dienone is 2. The first-order valence-corrected chi connectivity index (χ1v) is 9.52. The lowest BCUT2D eigenvalue weighted by atomic mass is 10.0. The molecule has 1 heterocycles. The summed E-state index contributed by atoms with van der Waals surface area (Å²) < 4.78 is 0. The molecule has 0 aliphatic carbocycles. The summed E-state index contributed by atoms with van der Waals surface area (Å²) in [6.07, 6.45) is 10.1. The van der Waals surface area contributed by atoms with Crippen molar-refractivity contribution in [3.8, 4) is 0 Å². The fourth-order valence-corrected chi connectivity index (χ4v) is 3.01. The zero-order valence-electron chi connectivity index (χ0n) is 17.7. The second-order valence-corrected chi connectivity index (χ2v) is 7.46. The molecule has 4 nitrogen and oxygen atoms in total. The van der Waals surface area contributed by atoms with Gasteiger partial charge in [0, 0.05) is 25.0 Å². The average molecular weight is 377 g/mol. The van der Waals surface area contributed by atoms with Gasteiger partial charge < -0.3 is 15.5 Å². The topological polar surface area (TPSA) is 44.9 Å². The molecule has 0 aromatic heterocycles. The van der Waals surface area contributed by atoms with Crippen LogP contribution in [0, 0.1) is 6.92 Å². The maximum Gasteiger partial charge on any atom is 0.0909 e. The number of benzene rings is 1. The Balaban J connectivity index is 2.53. The predicted molar refractivity (Wildman–Crippen MR) is 122 cm³/mol. The van der Waals surface area contributed by atoms with Crippen LogP contribution in [0.2, 0.25) is 0 Å². The Morgan fingerprint density at radius 3 is 2.43 bits per heavy atom. The Kier molecular flexibility index (Phi) is 7.59. The van der Waals surface area contributed by atoms with Crippen molar-refractivity contribution in [3.05, 3.63) is 89.4 Å². The lowest BCUT2D eigenvalue weighted by Crippen LogP contribution is -2.25. The molecule has 0 fully saturated rings. The lowest BCUT2D eigenvalue weighted by molar-refractivity contribution is 0.441. The van der Waals surface area contributed by atoms with Crippen molar-refractivity contribution in [2.45, 2.75) is 20.8 Å². The Bertz CT molecular complexity index is 845. The van der Waals surface area contributed by atoms with Crippen LogP contribution in [-0.4, -0.2) is 42.7 Å². The first-order valence-electron chi connectivity index (χ1n) is 9.52. The smallest absolute Gasteiger partial charge is 0.0909 e. The van der Waals surface area contributed by atoms with Crippen molar-refractivity contribution in [1.82, 2.24) is 9.80 Å². The van der Waals surface area contributed by atoms with Crippen LogP contribution >= 0.6 is 0 Å². The number of nitrogens with two attached hydrogens (primary N) is 1. The maximum absolute atomic E-state index is 6.67. The summed E-state index contributed by atoms with van der Waals surface area (Å²) in [5.41, 5.74) is 13.5. The highest BCUT2D eigenvalue weighted by atomic mass is 15.1.